The topological polar surface area (TPSA) is 145 Å². The fourth-order valence-corrected chi connectivity index (χ4v) is 14.3. The van der Waals surface area contributed by atoms with E-state index in [0.717, 1.165) is 45.3 Å². The highest BCUT2D eigenvalue weighted by atomic mass is 32.2. The first-order valence-electron chi connectivity index (χ1n) is 22.7. The van der Waals surface area contributed by atoms with Gasteiger partial charge in [0.15, 0.2) is 19.7 Å². The summed E-state index contributed by atoms with van der Waals surface area (Å²) in [5.41, 5.74) is 3.24. The number of benzene rings is 4. The predicted molar refractivity (Wildman–Crippen MR) is 249 cm³/mol. The van der Waals surface area contributed by atoms with Gasteiger partial charge in [-0.1, -0.05) is 36.4 Å². The van der Waals surface area contributed by atoms with Gasteiger partial charge >= 0.3 is 0 Å². The lowest BCUT2D eigenvalue weighted by Crippen LogP contribution is -2.42. The Kier molecular flexibility index (Phi) is 15.3. The van der Waals surface area contributed by atoms with Crippen LogP contribution in [0.4, 0.5) is 26.3 Å². The van der Waals surface area contributed by atoms with Gasteiger partial charge in [0.25, 0.3) is 0 Å². The van der Waals surface area contributed by atoms with Crippen LogP contribution in [0, 0.1) is 23.5 Å². The zero-order valence-electron chi connectivity index (χ0n) is 37.4. The first-order chi connectivity index (χ1) is 33.6. The lowest BCUT2D eigenvalue weighted by Gasteiger charge is -2.45. The molecule has 4 aliphatic heterocycles. The summed E-state index contributed by atoms with van der Waals surface area (Å²) in [4.78, 5) is 12.6. The molecule has 2 aromatic heterocycles. The van der Waals surface area contributed by atoms with Crippen molar-refractivity contribution in [1.29, 1.82) is 0 Å². The standard InChI is InChI=1S/2C24H24F3N3O3S2/c2*25-17-3-1-15(2-4-17)21-11-16(24(26)27)7-9-30(21)20-8-10-33-22-12-18(5-6-19(20)22)35(31,32)13-23-28-14-29-34-23/h2*1-6,12,14,16,20-21,24H,7-11,13H2/t16-,20+,21+;16-,20-,21+/m11/s1. The number of likely N-dealkylation sites (tertiary alicyclic amines) is 2. The van der Waals surface area contributed by atoms with Crippen LogP contribution in [-0.4, -0.2) is 84.5 Å². The highest BCUT2D eigenvalue weighted by Gasteiger charge is 2.41. The summed E-state index contributed by atoms with van der Waals surface area (Å²) in [7, 11) is -7.28. The van der Waals surface area contributed by atoms with Crippen molar-refractivity contribution in [1.82, 2.24) is 28.5 Å². The number of hydrogen-bond acceptors (Lipinski definition) is 14. The quantitative estimate of drug-likeness (QED) is 0.108. The molecule has 0 spiro atoms. The Labute approximate surface area is 409 Å². The molecule has 0 radical (unpaired) electrons. The summed E-state index contributed by atoms with van der Waals surface area (Å²) in [6.45, 7) is 1.67. The third-order valence-corrected chi connectivity index (χ3v) is 18.5. The molecule has 6 atom stereocenters. The molecule has 0 N–H and O–H groups in total. The van der Waals surface area contributed by atoms with Gasteiger partial charge in [0.05, 0.1) is 23.0 Å². The van der Waals surface area contributed by atoms with E-state index in [2.05, 4.69) is 28.5 Å². The number of fused-ring (bicyclic) bond motifs is 2. The van der Waals surface area contributed by atoms with E-state index in [1.807, 2.05) is 0 Å². The fourth-order valence-electron chi connectivity index (χ4n) is 10.0. The molecule has 22 heteroatoms. The Morgan fingerprint density at radius 3 is 1.31 bits per heavy atom. The largest absolute Gasteiger partial charge is 0.493 e. The number of piperidine rings is 2. The molecule has 0 bridgehead atoms. The molecule has 0 saturated carbocycles. The van der Waals surface area contributed by atoms with Crippen molar-refractivity contribution in [2.75, 3.05) is 26.3 Å². The van der Waals surface area contributed by atoms with Crippen molar-refractivity contribution in [3.8, 4) is 11.5 Å². The van der Waals surface area contributed by atoms with Gasteiger partial charge in [-0.05, 0) is 121 Å². The molecule has 0 aliphatic carbocycles. The fraction of sp³-hybridized carbons (Fsp3) is 0.417. The first-order valence-corrected chi connectivity index (χ1v) is 27.6. The van der Waals surface area contributed by atoms with Crippen molar-refractivity contribution in [2.45, 2.75) is 96.8 Å². The van der Waals surface area contributed by atoms with Crippen LogP contribution in [-0.2, 0) is 31.2 Å². The van der Waals surface area contributed by atoms with Gasteiger partial charge in [0.1, 0.15) is 57.3 Å². The maximum Gasteiger partial charge on any atom is 0.241 e. The van der Waals surface area contributed by atoms with E-state index in [0.29, 0.717) is 73.5 Å². The molecule has 6 heterocycles. The van der Waals surface area contributed by atoms with Crippen molar-refractivity contribution < 1.29 is 52.7 Å². The van der Waals surface area contributed by atoms with Crippen LogP contribution in [0.2, 0.25) is 0 Å². The van der Waals surface area contributed by atoms with Crippen molar-refractivity contribution in [3.05, 3.63) is 141 Å². The zero-order chi connectivity index (χ0) is 49.2. The molecule has 6 aromatic rings. The number of nitrogens with zero attached hydrogens (tertiary/aromatic N) is 6. The highest BCUT2D eigenvalue weighted by Crippen LogP contribution is 2.48. The summed E-state index contributed by atoms with van der Waals surface area (Å²) in [5.74, 6) is -1.73. The van der Waals surface area contributed by atoms with Crippen LogP contribution in [0.3, 0.4) is 0 Å². The lowest BCUT2D eigenvalue weighted by molar-refractivity contribution is -0.0135. The second kappa shape index (κ2) is 21.4. The van der Waals surface area contributed by atoms with Gasteiger partial charge in [0.2, 0.25) is 12.9 Å². The van der Waals surface area contributed by atoms with Crippen molar-refractivity contribution in [3.63, 3.8) is 0 Å². The first kappa shape index (κ1) is 50.0. The predicted octanol–water partition coefficient (Wildman–Crippen LogP) is 10.4. The summed E-state index contributed by atoms with van der Waals surface area (Å²) in [6, 6.07) is 20.9. The van der Waals surface area contributed by atoms with Crippen molar-refractivity contribution >= 4 is 42.7 Å². The van der Waals surface area contributed by atoms with Crippen LogP contribution < -0.4 is 9.47 Å². The minimum absolute atomic E-state index is 0.132. The minimum Gasteiger partial charge on any atom is -0.493 e. The monoisotopic (exact) mass is 1050 g/mol. The van der Waals surface area contributed by atoms with Gasteiger partial charge in [-0.25, -0.2) is 53.1 Å². The van der Waals surface area contributed by atoms with Crippen molar-refractivity contribution in [2.24, 2.45) is 11.8 Å². The van der Waals surface area contributed by atoms with E-state index < -0.39 is 44.4 Å². The number of hydrogen-bond donors (Lipinski definition) is 0. The van der Waals surface area contributed by atoms with Crippen LogP contribution in [0.25, 0.3) is 0 Å². The average molecular weight is 1050 g/mol. The Morgan fingerprint density at radius 2 is 0.957 bits per heavy atom. The molecule has 0 unspecified atom stereocenters. The Morgan fingerprint density at radius 1 is 0.557 bits per heavy atom. The Hall–Kier alpha value is -5.00. The second-order valence-electron chi connectivity index (χ2n) is 17.7. The van der Waals surface area contributed by atoms with Gasteiger partial charge in [0, 0.05) is 60.0 Å². The lowest BCUT2D eigenvalue weighted by atomic mass is 9.84. The maximum atomic E-state index is 13.6. The van der Waals surface area contributed by atoms with Gasteiger partial charge in [-0.15, -0.1) is 0 Å². The molecule has 4 aliphatic rings. The van der Waals surface area contributed by atoms with E-state index in [-0.39, 0.29) is 69.9 Å². The summed E-state index contributed by atoms with van der Waals surface area (Å²) in [5, 5.41) is 0.816. The molecule has 372 valence electrons. The summed E-state index contributed by atoms with van der Waals surface area (Å²) in [6.07, 6.45) is 0.351. The molecule has 4 aromatic carbocycles. The molecular formula is C48H48F6N6O6S4. The van der Waals surface area contributed by atoms with Crippen LogP contribution in [0.1, 0.15) is 95.0 Å². The van der Waals surface area contributed by atoms with E-state index >= 15 is 0 Å². The smallest absolute Gasteiger partial charge is 0.241 e. The molecule has 70 heavy (non-hydrogen) atoms. The number of sulfone groups is 2. The highest BCUT2D eigenvalue weighted by molar-refractivity contribution is 7.91. The molecule has 0 amide bonds. The summed E-state index contributed by atoms with van der Waals surface area (Å²) >= 11 is 2.08. The van der Waals surface area contributed by atoms with Gasteiger partial charge in [-0.2, -0.15) is 8.75 Å². The van der Waals surface area contributed by atoms with Crippen LogP contribution in [0.15, 0.2) is 107 Å². The Balaban J connectivity index is 0.000000174. The third-order valence-electron chi connectivity index (χ3n) is 13.5. The molecule has 2 fully saturated rings. The van der Waals surface area contributed by atoms with E-state index in [4.69, 9.17) is 9.47 Å². The maximum absolute atomic E-state index is 13.6. The number of rotatable bonds is 12. The normalized spacial score (nSPS) is 23.1. The molecular weight excluding hydrogens is 999 g/mol. The van der Waals surface area contributed by atoms with E-state index in [9.17, 15) is 43.2 Å². The molecule has 2 saturated heterocycles. The Bertz CT molecular complexity index is 2740. The van der Waals surface area contributed by atoms with E-state index in [1.165, 1.54) is 49.1 Å². The van der Waals surface area contributed by atoms with Crippen LogP contribution >= 0.6 is 23.1 Å². The number of ether oxygens (including phenoxy) is 2. The molecule has 12 nitrogen and oxygen atoms in total. The van der Waals surface area contributed by atoms with Gasteiger partial charge in [-0.3, -0.25) is 9.80 Å². The number of alkyl halides is 4. The minimum atomic E-state index is -3.64. The third kappa shape index (κ3) is 11.2. The zero-order valence-corrected chi connectivity index (χ0v) is 40.6. The number of halogens is 6. The van der Waals surface area contributed by atoms with E-state index in [1.54, 1.807) is 48.5 Å². The molecule has 10 rings (SSSR count). The SMILES string of the molecule is O=S(=O)(Cc1ncns1)c1ccc2c(c1)OCC[C@@H]2N1CC[C@@H](C(F)F)C[C@H]1c1ccc(F)cc1.O=S(=O)(Cc1ncns1)c1ccc2c(c1)OCC[C@H]2N1CC[C@@H](C(F)F)C[C@H]1c1ccc(F)cc1. The second-order valence-corrected chi connectivity index (χ2v) is 23.4. The average Bonchev–Trinajstić information content (AvgIpc) is 4.08. The van der Waals surface area contributed by atoms with Gasteiger partial charge < -0.3 is 9.47 Å². The number of aromatic nitrogens is 4. The van der Waals surface area contributed by atoms with Crippen LogP contribution in [0.5, 0.6) is 11.5 Å². The summed E-state index contributed by atoms with van der Waals surface area (Å²) < 4.78 is 153.